The molecule has 0 saturated heterocycles. The second-order valence-corrected chi connectivity index (χ2v) is 11.4. The molecule has 3 aromatic carbocycles. The third kappa shape index (κ3) is 10.5. The molecule has 0 saturated carbocycles. The van der Waals surface area contributed by atoms with E-state index in [1.807, 2.05) is 149 Å². The van der Waals surface area contributed by atoms with Crippen LogP contribution in [-0.4, -0.2) is 18.7 Å². The quantitative estimate of drug-likeness (QED) is 0.210. The van der Waals surface area contributed by atoms with Gasteiger partial charge in [0.05, 0.1) is 0 Å². The first-order chi connectivity index (χ1) is 24.7. The lowest BCUT2D eigenvalue weighted by Crippen LogP contribution is -2.22. The fraction of sp³-hybridized carbons (Fsp3) is 0.116. The second-order valence-electron chi connectivity index (χ2n) is 11.4. The molecule has 4 aromatic heterocycles. The standard InChI is InChI=1S/2C13H13NO.C12H11NO.C5H5NO/c1-10-8-9-11(2)14(13(10)15)12-6-4-3-5-7-12;1-2-11-7-6-10-14(13(11)15)12-8-4-3-5-9-12;1-10-6-5-9-12(14)13(10)11-7-3-2-4-8-11;7-5-3-1-2-4-6-5/h3-9H,1-2H3;3-10H,2H2,1H3;2-9H,1H3;1-4H,(H,6,7). The summed E-state index contributed by atoms with van der Waals surface area (Å²) in [6.07, 6.45) is 4.17. The molecule has 0 spiro atoms. The summed E-state index contributed by atoms with van der Waals surface area (Å²) >= 11 is 0. The number of H-pyrrole nitrogens is 1. The maximum atomic E-state index is 12.0. The molecule has 51 heavy (non-hydrogen) atoms. The Kier molecular flexibility index (Phi) is 13.8. The van der Waals surface area contributed by atoms with E-state index in [9.17, 15) is 19.2 Å². The highest BCUT2D eigenvalue weighted by molar-refractivity contribution is 5.36. The van der Waals surface area contributed by atoms with E-state index in [0.717, 1.165) is 46.0 Å². The normalized spacial score (nSPS) is 9.96. The number of aromatic amines is 1. The molecule has 258 valence electrons. The monoisotopic (exact) mass is 678 g/mol. The molecule has 0 aliphatic heterocycles. The van der Waals surface area contributed by atoms with Crippen molar-refractivity contribution in [2.24, 2.45) is 0 Å². The summed E-state index contributed by atoms with van der Waals surface area (Å²) in [5.74, 6) is 0. The van der Waals surface area contributed by atoms with E-state index in [2.05, 4.69) is 4.98 Å². The van der Waals surface area contributed by atoms with Gasteiger partial charge in [-0.25, -0.2) is 0 Å². The summed E-state index contributed by atoms with van der Waals surface area (Å²) in [5, 5.41) is 0. The fourth-order valence-corrected chi connectivity index (χ4v) is 5.10. The highest BCUT2D eigenvalue weighted by atomic mass is 16.1. The van der Waals surface area contributed by atoms with Crippen LogP contribution < -0.4 is 22.2 Å². The topological polar surface area (TPSA) is 98.9 Å². The number of nitrogens with zero attached hydrogens (tertiary/aromatic N) is 3. The molecule has 0 radical (unpaired) electrons. The van der Waals surface area contributed by atoms with Gasteiger partial charge in [-0.15, -0.1) is 0 Å². The Labute approximate surface area is 297 Å². The number of benzene rings is 3. The Bertz CT molecular complexity index is 2340. The molecular formula is C43H42N4O4. The Hall–Kier alpha value is -6.54. The smallest absolute Gasteiger partial charge is 0.258 e. The lowest BCUT2D eigenvalue weighted by atomic mass is 10.2. The van der Waals surface area contributed by atoms with Gasteiger partial charge in [0.1, 0.15) is 0 Å². The summed E-state index contributed by atoms with van der Waals surface area (Å²) in [5.41, 5.74) is 6.36. The molecule has 7 rings (SSSR count). The maximum Gasteiger partial charge on any atom is 0.258 e. The molecule has 1 N–H and O–H groups in total. The molecule has 0 aliphatic carbocycles. The number of aryl methyl sites for hydroxylation is 4. The molecule has 0 atom stereocenters. The van der Waals surface area contributed by atoms with Crippen molar-refractivity contribution in [3.05, 3.63) is 228 Å². The number of pyridine rings is 4. The number of nitrogens with one attached hydrogen (secondary N) is 1. The first kappa shape index (κ1) is 37.3. The van der Waals surface area contributed by atoms with Gasteiger partial charge in [0.2, 0.25) is 5.56 Å². The number of hydrogen-bond donors (Lipinski definition) is 1. The van der Waals surface area contributed by atoms with E-state index >= 15 is 0 Å². The minimum Gasteiger partial charge on any atom is -0.329 e. The van der Waals surface area contributed by atoms with Crippen LogP contribution in [-0.2, 0) is 6.42 Å². The molecular weight excluding hydrogens is 636 g/mol. The van der Waals surface area contributed by atoms with Crippen LogP contribution in [0.4, 0.5) is 0 Å². The zero-order valence-electron chi connectivity index (χ0n) is 29.3. The van der Waals surface area contributed by atoms with Crippen LogP contribution >= 0.6 is 0 Å². The summed E-state index contributed by atoms with van der Waals surface area (Å²) in [7, 11) is 0. The predicted octanol–water partition coefficient (Wildman–Crippen LogP) is 7.38. The van der Waals surface area contributed by atoms with Gasteiger partial charge in [0, 0.05) is 64.1 Å². The van der Waals surface area contributed by atoms with Crippen molar-refractivity contribution < 1.29 is 0 Å². The van der Waals surface area contributed by atoms with Crippen LogP contribution in [0.5, 0.6) is 0 Å². The zero-order valence-corrected chi connectivity index (χ0v) is 29.3. The summed E-state index contributed by atoms with van der Waals surface area (Å²) in [4.78, 5) is 48.2. The van der Waals surface area contributed by atoms with E-state index in [-0.39, 0.29) is 22.2 Å². The Morgan fingerprint density at radius 2 is 1.04 bits per heavy atom. The lowest BCUT2D eigenvalue weighted by Gasteiger charge is -2.10. The van der Waals surface area contributed by atoms with E-state index in [4.69, 9.17) is 0 Å². The first-order valence-corrected chi connectivity index (χ1v) is 16.6. The molecule has 8 nitrogen and oxygen atoms in total. The van der Waals surface area contributed by atoms with Crippen molar-refractivity contribution >= 4 is 0 Å². The molecule has 0 bridgehead atoms. The molecule has 8 heteroatoms. The van der Waals surface area contributed by atoms with Gasteiger partial charge in [-0.1, -0.05) is 85.8 Å². The van der Waals surface area contributed by atoms with Crippen LogP contribution in [0.3, 0.4) is 0 Å². The second kappa shape index (κ2) is 18.9. The van der Waals surface area contributed by atoms with Gasteiger partial charge >= 0.3 is 0 Å². The van der Waals surface area contributed by atoms with E-state index in [1.54, 1.807) is 50.4 Å². The third-order valence-electron chi connectivity index (χ3n) is 7.77. The summed E-state index contributed by atoms with van der Waals surface area (Å²) in [6.45, 7) is 7.69. The van der Waals surface area contributed by atoms with Crippen LogP contribution in [0.15, 0.2) is 183 Å². The van der Waals surface area contributed by atoms with Gasteiger partial charge in [-0.05, 0) is 87.9 Å². The molecule has 0 unspecified atom stereocenters. The third-order valence-corrected chi connectivity index (χ3v) is 7.77. The van der Waals surface area contributed by atoms with Crippen molar-refractivity contribution in [3.8, 4) is 17.1 Å². The Morgan fingerprint density at radius 1 is 0.490 bits per heavy atom. The Balaban J connectivity index is 0.000000157. The van der Waals surface area contributed by atoms with Crippen molar-refractivity contribution in [1.29, 1.82) is 0 Å². The van der Waals surface area contributed by atoms with Crippen molar-refractivity contribution in [3.63, 3.8) is 0 Å². The first-order valence-electron chi connectivity index (χ1n) is 16.6. The number of aromatic nitrogens is 4. The average Bonchev–Trinajstić information content (AvgIpc) is 3.16. The van der Waals surface area contributed by atoms with Crippen LogP contribution in [0, 0.1) is 20.8 Å². The molecule has 0 aliphatic rings. The van der Waals surface area contributed by atoms with Gasteiger partial charge in [0.25, 0.3) is 16.7 Å². The zero-order chi connectivity index (χ0) is 36.6. The van der Waals surface area contributed by atoms with Crippen molar-refractivity contribution in [1.82, 2.24) is 18.7 Å². The predicted molar refractivity (Wildman–Crippen MR) is 207 cm³/mol. The average molecular weight is 679 g/mol. The minimum absolute atomic E-state index is 0.0104. The molecule has 7 aromatic rings. The van der Waals surface area contributed by atoms with Gasteiger partial charge in [-0.3, -0.25) is 32.9 Å². The van der Waals surface area contributed by atoms with Gasteiger partial charge in [0.15, 0.2) is 0 Å². The van der Waals surface area contributed by atoms with Gasteiger partial charge < -0.3 is 4.98 Å². The Morgan fingerprint density at radius 3 is 1.55 bits per heavy atom. The molecule has 4 heterocycles. The van der Waals surface area contributed by atoms with Gasteiger partial charge in [-0.2, -0.15) is 0 Å². The van der Waals surface area contributed by atoms with Crippen molar-refractivity contribution in [2.75, 3.05) is 0 Å². The van der Waals surface area contributed by atoms with Crippen LogP contribution in [0.25, 0.3) is 17.1 Å². The van der Waals surface area contributed by atoms with E-state index < -0.39 is 0 Å². The lowest BCUT2D eigenvalue weighted by molar-refractivity contribution is 0.919. The highest BCUT2D eigenvalue weighted by Gasteiger charge is 2.05. The molecule has 0 fully saturated rings. The van der Waals surface area contributed by atoms with Crippen molar-refractivity contribution in [2.45, 2.75) is 34.1 Å². The van der Waals surface area contributed by atoms with E-state index in [0.29, 0.717) is 0 Å². The number of para-hydroxylation sites is 3. The van der Waals surface area contributed by atoms with E-state index in [1.165, 1.54) is 6.07 Å². The summed E-state index contributed by atoms with van der Waals surface area (Å²) < 4.78 is 5.11. The SMILES string of the molecule is CCc1cccn(-c2ccccc2)c1=O.Cc1ccc(C)n(-c2ccccc2)c1=O.Cc1cccc(=O)n1-c1ccccc1.O=c1cccc[nH]1. The number of hydrogen-bond acceptors (Lipinski definition) is 4. The largest absolute Gasteiger partial charge is 0.329 e. The molecule has 0 amide bonds. The summed E-state index contributed by atoms with van der Waals surface area (Å²) in [6, 6.07) is 46.8. The highest BCUT2D eigenvalue weighted by Crippen LogP contribution is 2.09. The fourth-order valence-electron chi connectivity index (χ4n) is 5.10. The number of rotatable bonds is 4. The maximum absolute atomic E-state index is 12.0. The van der Waals surface area contributed by atoms with Crippen LogP contribution in [0.1, 0.15) is 29.4 Å². The minimum atomic E-state index is -0.0532. The van der Waals surface area contributed by atoms with Crippen LogP contribution in [0.2, 0.25) is 0 Å².